The molecule has 0 saturated heterocycles. The van der Waals surface area contributed by atoms with Crippen molar-refractivity contribution in [2.24, 2.45) is 0 Å². The lowest BCUT2D eigenvalue weighted by atomic mass is 9.94. The Kier molecular flexibility index (Phi) is 6.05. The zero-order chi connectivity index (χ0) is 24.7. The van der Waals surface area contributed by atoms with Crippen molar-refractivity contribution >= 4 is 57.4 Å². The van der Waals surface area contributed by atoms with E-state index in [1.807, 2.05) is 43.3 Å². The fraction of sp³-hybridized carbons (Fsp3) is 0.107. The fourth-order valence-electron chi connectivity index (χ4n) is 4.49. The third-order valence-corrected chi connectivity index (χ3v) is 6.76. The summed E-state index contributed by atoms with van der Waals surface area (Å²) in [5.41, 5.74) is 2.78. The third-order valence-electron chi connectivity index (χ3n) is 6.22. The van der Waals surface area contributed by atoms with Crippen LogP contribution < -0.4 is 4.90 Å². The van der Waals surface area contributed by atoms with Crippen molar-refractivity contribution in [3.8, 4) is 0 Å². The molecule has 4 aromatic rings. The fourth-order valence-corrected chi connectivity index (χ4v) is 4.98. The Morgan fingerprint density at radius 3 is 2.14 bits per heavy atom. The van der Waals surface area contributed by atoms with Crippen molar-refractivity contribution in [3.63, 3.8) is 0 Å². The molecule has 35 heavy (non-hydrogen) atoms. The number of benzene rings is 4. The van der Waals surface area contributed by atoms with E-state index in [2.05, 4.69) is 0 Å². The van der Waals surface area contributed by atoms with Gasteiger partial charge < -0.3 is 4.90 Å². The van der Waals surface area contributed by atoms with Crippen molar-refractivity contribution < 1.29 is 14.4 Å². The summed E-state index contributed by atoms with van der Waals surface area (Å²) >= 11 is 12.4. The molecule has 0 bridgehead atoms. The van der Waals surface area contributed by atoms with Crippen LogP contribution in [0, 0.1) is 6.92 Å². The van der Waals surface area contributed by atoms with Gasteiger partial charge in [0.1, 0.15) is 0 Å². The van der Waals surface area contributed by atoms with Crippen molar-refractivity contribution in [2.75, 3.05) is 18.0 Å². The monoisotopic (exact) mass is 502 g/mol. The number of carbonyl (C=O) groups is 3. The van der Waals surface area contributed by atoms with Crippen LogP contribution in [0.3, 0.4) is 0 Å². The van der Waals surface area contributed by atoms with Gasteiger partial charge >= 0.3 is 0 Å². The SMILES string of the molecule is Cc1ccccc1N(CCN1C(=O)c2cccc3cccc(c23)C1=O)C(=O)c1ccc(Cl)cc1Cl. The largest absolute Gasteiger partial charge is 0.306 e. The summed E-state index contributed by atoms with van der Waals surface area (Å²) in [5, 5.41) is 2.16. The molecule has 1 aliphatic heterocycles. The minimum atomic E-state index is -0.374. The second-order valence-corrected chi connectivity index (χ2v) is 9.18. The van der Waals surface area contributed by atoms with Crippen molar-refractivity contribution in [1.29, 1.82) is 0 Å². The number of rotatable bonds is 5. The van der Waals surface area contributed by atoms with E-state index in [1.165, 1.54) is 11.0 Å². The van der Waals surface area contributed by atoms with Gasteiger partial charge in [-0.05, 0) is 54.3 Å². The first-order chi connectivity index (χ1) is 16.9. The van der Waals surface area contributed by atoms with Crippen LogP contribution in [0.5, 0.6) is 0 Å². The Bertz CT molecular complexity index is 1460. The summed E-state index contributed by atoms with van der Waals surface area (Å²) in [5.74, 6) is -1.10. The first kappa shape index (κ1) is 23.1. The maximum Gasteiger partial charge on any atom is 0.261 e. The van der Waals surface area contributed by atoms with Crippen LogP contribution >= 0.6 is 23.2 Å². The molecule has 1 aliphatic rings. The van der Waals surface area contributed by atoms with Gasteiger partial charge in [0, 0.05) is 40.3 Å². The second-order valence-electron chi connectivity index (χ2n) is 8.34. The molecule has 0 fully saturated rings. The minimum absolute atomic E-state index is 0.0215. The van der Waals surface area contributed by atoms with E-state index in [-0.39, 0.29) is 41.4 Å². The predicted molar refractivity (Wildman–Crippen MR) is 139 cm³/mol. The molecule has 4 aromatic carbocycles. The normalized spacial score (nSPS) is 12.8. The number of halogens is 2. The number of aryl methyl sites for hydroxylation is 1. The molecule has 0 atom stereocenters. The quantitative estimate of drug-likeness (QED) is 0.296. The van der Waals surface area contributed by atoms with E-state index in [0.29, 0.717) is 27.2 Å². The second kappa shape index (κ2) is 9.17. The van der Waals surface area contributed by atoms with E-state index in [9.17, 15) is 14.4 Å². The summed E-state index contributed by atoms with van der Waals surface area (Å²) < 4.78 is 0. The van der Waals surface area contributed by atoms with Gasteiger partial charge in [-0.25, -0.2) is 0 Å². The maximum atomic E-state index is 13.6. The number of hydrogen-bond donors (Lipinski definition) is 0. The van der Waals surface area contributed by atoms with E-state index in [1.54, 1.807) is 41.3 Å². The number of imide groups is 1. The molecule has 5 rings (SSSR count). The summed E-state index contributed by atoms with van der Waals surface area (Å²) in [7, 11) is 0. The van der Waals surface area contributed by atoms with Crippen LogP contribution in [0.1, 0.15) is 36.6 Å². The number of carbonyl (C=O) groups excluding carboxylic acids is 3. The molecule has 1 heterocycles. The molecule has 174 valence electrons. The molecule has 7 heteroatoms. The van der Waals surface area contributed by atoms with E-state index >= 15 is 0 Å². The van der Waals surface area contributed by atoms with Gasteiger partial charge in [0.15, 0.2) is 0 Å². The van der Waals surface area contributed by atoms with Gasteiger partial charge in [0.25, 0.3) is 17.7 Å². The van der Waals surface area contributed by atoms with Crippen molar-refractivity contribution in [1.82, 2.24) is 4.90 Å². The lowest BCUT2D eigenvalue weighted by Crippen LogP contribution is -2.46. The van der Waals surface area contributed by atoms with Gasteiger partial charge in [0.05, 0.1) is 10.6 Å². The van der Waals surface area contributed by atoms with Crippen LogP contribution in [-0.2, 0) is 0 Å². The lowest BCUT2D eigenvalue weighted by molar-refractivity contribution is 0.0611. The number of hydrogen-bond acceptors (Lipinski definition) is 3. The third kappa shape index (κ3) is 4.07. The van der Waals surface area contributed by atoms with E-state index in [4.69, 9.17) is 23.2 Å². The highest BCUT2D eigenvalue weighted by atomic mass is 35.5. The maximum absolute atomic E-state index is 13.6. The highest BCUT2D eigenvalue weighted by Gasteiger charge is 2.33. The number of anilines is 1. The average molecular weight is 503 g/mol. The average Bonchev–Trinajstić information content (AvgIpc) is 2.85. The van der Waals surface area contributed by atoms with E-state index < -0.39 is 0 Å². The number of para-hydroxylation sites is 1. The Balaban J connectivity index is 1.50. The lowest BCUT2D eigenvalue weighted by Gasteiger charge is -2.31. The molecule has 0 saturated carbocycles. The first-order valence-electron chi connectivity index (χ1n) is 11.1. The Morgan fingerprint density at radius 2 is 1.51 bits per heavy atom. The van der Waals surface area contributed by atoms with Gasteiger partial charge in [-0.1, -0.05) is 65.7 Å². The van der Waals surface area contributed by atoms with Crippen LogP contribution in [0.25, 0.3) is 10.8 Å². The van der Waals surface area contributed by atoms with Gasteiger partial charge in [-0.3, -0.25) is 19.3 Å². The molecular weight excluding hydrogens is 483 g/mol. The minimum Gasteiger partial charge on any atom is -0.306 e. The number of nitrogens with zero attached hydrogens (tertiary/aromatic N) is 2. The molecular formula is C28H20Cl2N2O3. The van der Waals surface area contributed by atoms with Gasteiger partial charge in [-0.2, -0.15) is 0 Å². The summed E-state index contributed by atoms with van der Waals surface area (Å²) in [6.07, 6.45) is 0. The standard InChI is InChI=1S/C28H20Cl2N2O3/c1-17-6-2-3-11-24(17)31(26(33)20-13-12-19(29)16-23(20)30)14-15-32-27(34)21-9-4-7-18-8-5-10-22(25(18)21)28(32)35/h2-13,16H,14-15H2,1H3. The highest BCUT2D eigenvalue weighted by Crippen LogP contribution is 2.31. The predicted octanol–water partition coefficient (Wildman–Crippen LogP) is 6.40. The zero-order valence-corrected chi connectivity index (χ0v) is 20.3. The Hall–Kier alpha value is -3.67. The van der Waals surface area contributed by atoms with Gasteiger partial charge in [0.2, 0.25) is 0 Å². The Labute approximate surface area is 212 Å². The molecule has 0 radical (unpaired) electrons. The molecule has 0 spiro atoms. The Morgan fingerprint density at radius 1 is 0.857 bits per heavy atom. The molecule has 5 nitrogen and oxygen atoms in total. The topological polar surface area (TPSA) is 57.7 Å². The zero-order valence-electron chi connectivity index (χ0n) is 18.8. The van der Waals surface area contributed by atoms with Gasteiger partial charge in [-0.15, -0.1) is 0 Å². The summed E-state index contributed by atoms with van der Waals surface area (Å²) in [4.78, 5) is 43.0. The molecule has 0 aromatic heterocycles. The molecule has 0 unspecified atom stereocenters. The van der Waals surface area contributed by atoms with Crippen LogP contribution in [-0.4, -0.2) is 35.7 Å². The van der Waals surface area contributed by atoms with Crippen molar-refractivity contribution in [3.05, 3.63) is 111 Å². The van der Waals surface area contributed by atoms with Crippen LogP contribution in [0.4, 0.5) is 5.69 Å². The smallest absolute Gasteiger partial charge is 0.261 e. The highest BCUT2D eigenvalue weighted by molar-refractivity contribution is 6.37. The molecule has 0 N–H and O–H groups in total. The van der Waals surface area contributed by atoms with Crippen molar-refractivity contribution in [2.45, 2.75) is 6.92 Å². The summed E-state index contributed by atoms with van der Waals surface area (Å²) in [6.45, 7) is 2.01. The van der Waals surface area contributed by atoms with Crippen LogP contribution in [0.2, 0.25) is 10.0 Å². The van der Waals surface area contributed by atoms with Crippen LogP contribution in [0.15, 0.2) is 78.9 Å². The summed E-state index contributed by atoms with van der Waals surface area (Å²) in [6, 6.07) is 23.0. The molecule has 0 aliphatic carbocycles. The first-order valence-corrected chi connectivity index (χ1v) is 11.8. The number of amides is 3. The molecule has 3 amide bonds. The van der Waals surface area contributed by atoms with E-state index in [0.717, 1.165) is 10.9 Å².